The van der Waals surface area contributed by atoms with Crippen molar-refractivity contribution in [2.45, 2.75) is 32.9 Å². The SMILES string of the molecule is CC(C)n1cncc1CNCCc1nnc2ccccn12. The van der Waals surface area contributed by atoms with Gasteiger partial charge in [0.15, 0.2) is 5.65 Å². The van der Waals surface area contributed by atoms with E-state index in [0.717, 1.165) is 31.0 Å². The highest BCUT2D eigenvalue weighted by atomic mass is 15.2. The van der Waals surface area contributed by atoms with Gasteiger partial charge in [0.25, 0.3) is 0 Å². The number of imidazole rings is 1. The first-order valence-corrected chi connectivity index (χ1v) is 7.26. The van der Waals surface area contributed by atoms with Crippen molar-refractivity contribution in [1.82, 2.24) is 29.5 Å². The predicted octanol–water partition coefficient (Wildman–Crippen LogP) is 1.84. The van der Waals surface area contributed by atoms with Gasteiger partial charge in [-0.3, -0.25) is 4.40 Å². The molecule has 0 atom stereocenters. The van der Waals surface area contributed by atoms with Gasteiger partial charge in [0, 0.05) is 37.9 Å². The summed E-state index contributed by atoms with van der Waals surface area (Å²) >= 11 is 0. The quantitative estimate of drug-likeness (QED) is 0.702. The van der Waals surface area contributed by atoms with Gasteiger partial charge in [0.1, 0.15) is 5.82 Å². The maximum atomic E-state index is 4.23. The van der Waals surface area contributed by atoms with Crippen LogP contribution in [0.2, 0.25) is 0 Å². The molecule has 0 radical (unpaired) electrons. The molecule has 3 heterocycles. The van der Waals surface area contributed by atoms with Crippen LogP contribution in [-0.2, 0) is 13.0 Å². The molecule has 0 amide bonds. The monoisotopic (exact) mass is 284 g/mol. The van der Waals surface area contributed by atoms with Gasteiger partial charge in [0.05, 0.1) is 12.0 Å². The van der Waals surface area contributed by atoms with E-state index >= 15 is 0 Å². The highest BCUT2D eigenvalue weighted by Crippen LogP contribution is 2.08. The molecule has 3 aromatic rings. The fourth-order valence-electron chi connectivity index (χ4n) is 2.41. The minimum Gasteiger partial charge on any atom is -0.331 e. The third-order valence-electron chi connectivity index (χ3n) is 3.52. The van der Waals surface area contributed by atoms with Crippen molar-refractivity contribution in [3.63, 3.8) is 0 Å². The Morgan fingerprint density at radius 3 is 3.00 bits per heavy atom. The summed E-state index contributed by atoms with van der Waals surface area (Å²) in [6.07, 6.45) is 6.65. The molecule has 110 valence electrons. The molecule has 3 rings (SSSR count). The van der Waals surface area contributed by atoms with Crippen LogP contribution in [0, 0.1) is 0 Å². The van der Waals surface area contributed by atoms with Crippen LogP contribution in [0.3, 0.4) is 0 Å². The molecule has 0 fully saturated rings. The van der Waals surface area contributed by atoms with Gasteiger partial charge in [-0.25, -0.2) is 4.98 Å². The van der Waals surface area contributed by atoms with Crippen LogP contribution < -0.4 is 5.32 Å². The molecular formula is C15H20N6. The minimum absolute atomic E-state index is 0.435. The van der Waals surface area contributed by atoms with Crippen LogP contribution in [0.4, 0.5) is 0 Å². The summed E-state index contributed by atoms with van der Waals surface area (Å²) in [5.74, 6) is 0.982. The average molecular weight is 284 g/mol. The Kier molecular flexibility index (Phi) is 3.96. The fraction of sp³-hybridized carbons (Fsp3) is 0.400. The van der Waals surface area contributed by atoms with Crippen molar-refractivity contribution in [2.24, 2.45) is 0 Å². The second-order valence-electron chi connectivity index (χ2n) is 5.36. The highest BCUT2D eigenvalue weighted by Gasteiger charge is 2.06. The summed E-state index contributed by atoms with van der Waals surface area (Å²) in [7, 11) is 0. The van der Waals surface area contributed by atoms with E-state index in [1.54, 1.807) is 0 Å². The molecule has 0 aliphatic carbocycles. The topological polar surface area (TPSA) is 60.0 Å². The zero-order chi connectivity index (χ0) is 14.7. The molecule has 0 spiro atoms. The van der Waals surface area contributed by atoms with E-state index in [2.05, 4.69) is 38.9 Å². The third kappa shape index (κ3) is 2.95. The van der Waals surface area contributed by atoms with Crippen LogP contribution in [-0.4, -0.2) is 30.7 Å². The first-order valence-electron chi connectivity index (χ1n) is 7.26. The number of aromatic nitrogens is 5. The maximum Gasteiger partial charge on any atom is 0.160 e. The third-order valence-corrected chi connectivity index (χ3v) is 3.52. The Morgan fingerprint density at radius 1 is 1.24 bits per heavy atom. The van der Waals surface area contributed by atoms with Gasteiger partial charge in [-0.2, -0.15) is 0 Å². The number of fused-ring (bicyclic) bond motifs is 1. The smallest absolute Gasteiger partial charge is 0.160 e. The van der Waals surface area contributed by atoms with Crippen LogP contribution in [0.5, 0.6) is 0 Å². The van der Waals surface area contributed by atoms with Crippen molar-refractivity contribution in [1.29, 1.82) is 0 Å². The van der Waals surface area contributed by atoms with E-state index in [1.807, 2.05) is 41.3 Å². The second-order valence-corrected chi connectivity index (χ2v) is 5.36. The van der Waals surface area contributed by atoms with E-state index in [-0.39, 0.29) is 0 Å². The Bertz CT molecular complexity index is 712. The molecule has 6 heteroatoms. The van der Waals surface area contributed by atoms with Crippen molar-refractivity contribution in [3.8, 4) is 0 Å². The summed E-state index contributed by atoms with van der Waals surface area (Å²) in [5.41, 5.74) is 2.10. The van der Waals surface area contributed by atoms with E-state index < -0.39 is 0 Å². The standard InChI is InChI=1S/C15H20N6/c1-12(2)21-11-17-10-13(21)9-16-7-6-15-19-18-14-5-3-4-8-20(14)15/h3-5,8,10-12,16H,6-7,9H2,1-2H3. The molecule has 3 aromatic heterocycles. The molecular weight excluding hydrogens is 264 g/mol. The lowest BCUT2D eigenvalue weighted by atomic mass is 10.3. The molecule has 0 aliphatic rings. The van der Waals surface area contributed by atoms with Gasteiger partial charge in [-0.05, 0) is 26.0 Å². The molecule has 0 saturated carbocycles. The Labute approximate surface area is 123 Å². The molecule has 0 aromatic carbocycles. The van der Waals surface area contributed by atoms with Gasteiger partial charge in [-0.1, -0.05) is 6.07 Å². The largest absolute Gasteiger partial charge is 0.331 e. The van der Waals surface area contributed by atoms with Crippen molar-refractivity contribution in [2.75, 3.05) is 6.54 Å². The second kappa shape index (κ2) is 6.05. The summed E-state index contributed by atoms with van der Waals surface area (Å²) in [5, 5.41) is 11.8. The summed E-state index contributed by atoms with van der Waals surface area (Å²) in [4.78, 5) is 4.21. The number of hydrogen-bond acceptors (Lipinski definition) is 4. The molecule has 6 nitrogen and oxygen atoms in total. The van der Waals surface area contributed by atoms with Gasteiger partial charge in [0.2, 0.25) is 0 Å². The molecule has 0 aliphatic heterocycles. The average Bonchev–Trinajstić information content (AvgIpc) is 3.10. The minimum atomic E-state index is 0.435. The van der Waals surface area contributed by atoms with E-state index in [4.69, 9.17) is 0 Å². The van der Waals surface area contributed by atoms with Gasteiger partial charge >= 0.3 is 0 Å². The molecule has 1 N–H and O–H groups in total. The van der Waals surface area contributed by atoms with Crippen LogP contribution in [0.25, 0.3) is 5.65 Å². The zero-order valence-corrected chi connectivity index (χ0v) is 12.4. The first kappa shape index (κ1) is 13.8. The molecule has 0 unspecified atom stereocenters. The molecule has 21 heavy (non-hydrogen) atoms. The Hall–Kier alpha value is -2.21. The van der Waals surface area contributed by atoms with E-state index in [0.29, 0.717) is 6.04 Å². The van der Waals surface area contributed by atoms with Crippen LogP contribution in [0.1, 0.15) is 31.4 Å². The number of pyridine rings is 1. The number of nitrogens with one attached hydrogen (secondary N) is 1. The first-order chi connectivity index (χ1) is 10.3. The number of rotatable bonds is 6. The maximum absolute atomic E-state index is 4.23. The Morgan fingerprint density at radius 2 is 2.14 bits per heavy atom. The lowest BCUT2D eigenvalue weighted by Gasteiger charge is -2.12. The van der Waals surface area contributed by atoms with Crippen LogP contribution in [0.15, 0.2) is 36.9 Å². The highest BCUT2D eigenvalue weighted by molar-refractivity contribution is 5.36. The zero-order valence-electron chi connectivity index (χ0n) is 12.4. The number of hydrogen-bond donors (Lipinski definition) is 1. The summed E-state index contributed by atoms with van der Waals surface area (Å²) in [6.45, 7) is 5.99. The van der Waals surface area contributed by atoms with Gasteiger partial charge < -0.3 is 9.88 Å². The van der Waals surface area contributed by atoms with Crippen molar-refractivity contribution in [3.05, 3.63) is 48.4 Å². The molecule has 0 saturated heterocycles. The summed E-state index contributed by atoms with van der Waals surface area (Å²) in [6, 6.07) is 6.36. The molecule has 0 bridgehead atoms. The van der Waals surface area contributed by atoms with Crippen molar-refractivity contribution >= 4 is 5.65 Å². The lowest BCUT2D eigenvalue weighted by Crippen LogP contribution is -2.20. The van der Waals surface area contributed by atoms with E-state index in [9.17, 15) is 0 Å². The fourth-order valence-corrected chi connectivity index (χ4v) is 2.41. The summed E-state index contributed by atoms with van der Waals surface area (Å²) < 4.78 is 4.21. The Balaban J connectivity index is 1.56. The lowest BCUT2D eigenvalue weighted by molar-refractivity contribution is 0.549. The number of nitrogens with zero attached hydrogens (tertiary/aromatic N) is 5. The van der Waals surface area contributed by atoms with Crippen molar-refractivity contribution < 1.29 is 0 Å². The van der Waals surface area contributed by atoms with Gasteiger partial charge in [-0.15, -0.1) is 10.2 Å². The normalized spacial score (nSPS) is 11.6. The van der Waals surface area contributed by atoms with Crippen LogP contribution >= 0.6 is 0 Å². The predicted molar refractivity (Wildman–Crippen MR) is 81.0 cm³/mol. The van der Waals surface area contributed by atoms with E-state index in [1.165, 1.54) is 5.69 Å².